The van der Waals surface area contributed by atoms with Gasteiger partial charge in [-0.25, -0.2) is 0 Å². The van der Waals surface area contributed by atoms with Gasteiger partial charge in [-0.2, -0.15) is 0 Å². The fourth-order valence-corrected chi connectivity index (χ4v) is 5.79. The zero-order valence-electron chi connectivity index (χ0n) is 22.5. The summed E-state index contributed by atoms with van der Waals surface area (Å²) in [5.74, 6) is 1.28. The lowest BCUT2D eigenvalue weighted by Crippen LogP contribution is -2.21. The van der Waals surface area contributed by atoms with Crippen LogP contribution in [0.5, 0.6) is 11.5 Å². The smallest absolute Gasteiger partial charge is 0.303 e. The highest BCUT2D eigenvalue weighted by molar-refractivity contribution is 5.75. The second kappa shape index (κ2) is 10.4. The number of ether oxygens (including phenoxy) is 3. The van der Waals surface area contributed by atoms with E-state index in [0.29, 0.717) is 12.4 Å². The molecule has 3 aromatic carbocycles. The van der Waals surface area contributed by atoms with E-state index < -0.39 is 6.10 Å². The molecule has 0 aliphatic heterocycles. The van der Waals surface area contributed by atoms with Gasteiger partial charge in [0.15, 0.2) is 0 Å². The van der Waals surface area contributed by atoms with Crippen molar-refractivity contribution in [2.24, 2.45) is 5.41 Å². The lowest BCUT2D eigenvalue weighted by molar-refractivity contribution is -0.149. The molecule has 0 radical (unpaired) electrons. The predicted molar refractivity (Wildman–Crippen MR) is 145 cm³/mol. The van der Waals surface area contributed by atoms with Crippen molar-refractivity contribution in [3.05, 3.63) is 81.9 Å². The molecule has 0 heterocycles. The van der Waals surface area contributed by atoms with Gasteiger partial charge in [0.2, 0.25) is 0 Å². The molecule has 0 aromatic heterocycles. The standard InChI is InChI=1S/C32H36O6/c1-19-12-27(37-18-25(35)16-33)13-20(2)30(19)28-7-5-6-23(21(28)3)17-36-26-8-9-29-24(14-26)15-32(10-11-32)31(29)38-22(4)34/h5-9,12-14,25,31,33,35H,10-11,15-18H2,1-4H3/t25-,31?/m1/s1. The summed E-state index contributed by atoms with van der Waals surface area (Å²) in [6.45, 7) is 7.89. The number of hydrogen-bond donors (Lipinski definition) is 2. The van der Waals surface area contributed by atoms with E-state index in [1.807, 2.05) is 18.2 Å². The molecule has 3 aromatic rings. The first-order valence-corrected chi connectivity index (χ1v) is 13.3. The molecule has 1 spiro atoms. The van der Waals surface area contributed by atoms with Gasteiger partial charge in [0.25, 0.3) is 0 Å². The van der Waals surface area contributed by atoms with Gasteiger partial charge in [0, 0.05) is 12.3 Å². The molecule has 1 unspecified atom stereocenters. The first-order chi connectivity index (χ1) is 18.2. The maximum absolute atomic E-state index is 11.7. The molecule has 0 amide bonds. The monoisotopic (exact) mass is 516 g/mol. The molecular formula is C32H36O6. The van der Waals surface area contributed by atoms with Gasteiger partial charge in [-0.05, 0) is 109 Å². The third-order valence-corrected chi connectivity index (χ3v) is 7.94. The van der Waals surface area contributed by atoms with Crippen LogP contribution in [-0.2, 0) is 22.6 Å². The molecule has 200 valence electrons. The first-order valence-electron chi connectivity index (χ1n) is 13.3. The van der Waals surface area contributed by atoms with Gasteiger partial charge in [0.1, 0.15) is 36.9 Å². The molecule has 6 nitrogen and oxygen atoms in total. The first kappa shape index (κ1) is 26.3. The molecule has 2 aliphatic carbocycles. The van der Waals surface area contributed by atoms with E-state index in [1.165, 1.54) is 12.5 Å². The van der Waals surface area contributed by atoms with Crippen molar-refractivity contribution in [1.82, 2.24) is 0 Å². The number of aliphatic hydroxyl groups excluding tert-OH is 2. The maximum atomic E-state index is 11.7. The fraction of sp³-hybridized carbons (Fsp3) is 0.406. The van der Waals surface area contributed by atoms with Gasteiger partial charge in [0.05, 0.1) is 6.61 Å². The van der Waals surface area contributed by atoms with Gasteiger partial charge in [-0.3, -0.25) is 4.79 Å². The van der Waals surface area contributed by atoms with Crippen LogP contribution in [0.25, 0.3) is 11.1 Å². The van der Waals surface area contributed by atoms with E-state index in [9.17, 15) is 9.90 Å². The Morgan fingerprint density at radius 3 is 2.42 bits per heavy atom. The molecule has 6 heteroatoms. The SMILES string of the molecule is CC(=O)OC1c2ccc(OCc3cccc(-c4c(C)cc(OC[C@H](O)CO)cc4C)c3C)cc2CC12CC2. The average Bonchev–Trinajstić information content (AvgIpc) is 3.59. The quantitative estimate of drug-likeness (QED) is 0.364. The summed E-state index contributed by atoms with van der Waals surface area (Å²) in [5, 5.41) is 18.6. The van der Waals surface area contributed by atoms with Crippen molar-refractivity contribution in [2.75, 3.05) is 13.2 Å². The van der Waals surface area contributed by atoms with Crippen LogP contribution in [0.1, 0.15) is 59.3 Å². The van der Waals surface area contributed by atoms with Crippen molar-refractivity contribution >= 4 is 5.97 Å². The molecule has 0 saturated heterocycles. The number of benzene rings is 3. The van der Waals surface area contributed by atoms with E-state index in [1.54, 1.807) is 0 Å². The summed E-state index contributed by atoms with van der Waals surface area (Å²) in [6, 6.07) is 16.4. The topological polar surface area (TPSA) is 85.2 Å². The Bertz CT molecular complexity index is 1330. The van der Waals surface area contributed by atoms with Crippen LogP contribution < -0.4 is 9.47 Å². The minimum atomic E-state index is -0.898. The predicted octanol–water partition coefficient (Wildman–Crippen LogP) is 5.53. The Morgan fingerprint density at radius 1 is 1.03 bits per heavy atom. The zero-order chi connectivity index (χ0) is 27.0. The molecular weight excluding hydrogens is 480 g/mol. The van der Waals surface area contributed by atoms with Crippen LogP contribution in [0.3, 0.4) is 0 Å². The summed E-state index contributed by atoms with van der Waals surface area (Å²) < 4.78 is 17.6. The number of hydrogen-bond acceptors (Lipinski definition) is 6. The van der Waals surface area contributed by atoms with Gasteiger partial charge in [-0.15, -0.1) is 0 Å². The Hall–Kier alpha value is -3.35. The minimum Gasteiger partial charge on any atom is -0.491 e. The normalized spacial score (nSPS) is 17.7. The second-order valence-corrected chi connectivity index (χ2v) is 10.8. The van der Waals surface area contributed by atoms with Crippen molar-refractivity contribution in [3.8, 4) is 22.6 Å². The molecule has 1 saturated carbocycles. The largest absolute Gasteiger partial charge is 0.491 e. The number of rotatable bonds is 9. The number of fused-ring (bicyclic) bond motifs is 1. The molecule has 2 N–H and O–H groups in total. The number of aryl methyl sites for hydroxylation is 2. The zero-order valence-corrected chi connectivity index (χ0v) is 22.5. The van der Waals surface area contributed by atoms with Crippen LogP contribution >= 0.6 is 0 Å². The summed E-state index contributed by atoms with van der Waals surface area (Å²) in [7, 11) is 0. The molecule has 1 fully saturated rings. The van der Waals surface area contributed by atoms with E-state index in [2.05, 4.69) is 51.1 Å². The summed E-state index contributed by atoms with van der Waals surface area (Å²) in [6.07, 6.45) is 2.09. The van der Waals surface area contributed by atoms with Crippen LogP contribution in [0.4, 0.5) is 0 Å². The Morgan fingerprint density at radius 2 is 1.76 bits per heavy atom. The Labute approximate surface area is 224 Å². The van der Waals surface area contributed by atoms with E-state index in [4.69, 9.17) is 19.3 Å². The van der Waals surface area contributed by atoms with Crippen molar-refractivity contribution < 1.29 is 29.2 Å². The highest BCUT2D eigenvalue weighted by atomic mass is 16.5. The van der Waals surface area contributed by atoms with E-state index in [0.717, 1.165) is 64.0 Å². The maximum Gasteiger partial charge on any atom is 0.303 e. The van der Waals surface area contributed by atoms with Crippen LogP contribution in [0.15, 0.2) is 48.5 Å². The lowest BCUT2D eigenvalue weighted by atomic mass is 9.90. The highest BCUT2D eigenvalue weighted by Crippen LogP contribution is 2.63. The van der Waals surface area contributed by atoms with Crippen molar-refractivity contribution in [1.29, 1.82) is 0 Å². The fourth-order valence-electron chi connectivity index (χ4n) is 5.79. The second-order valence-electron chi connectivity index (χ2n) is 10.8. The van der Waals surface area contributed by atoms with Crippen LogP contribution in [0, 0.1) is 26.2 Å². The lowest BCUT2D eigenvalue weighted by Gasteiger charge is -2.19. The molecule has 5 rings (SSSR count). The highest BCUT2D eigenvalue weighted by Gasteiger charge is 2.56. The van der Waals surface area contributed by atoms with Crippen LogP contribution in [0.2, 0.25) is 0 Å². The van der Waals surface area contributed by atoms with Gasteiger partial charge >= 0.3 is 5.97 Å². The third kappa shape index (κ3) is 5.16. The van der Waals surface area contributed by atoms with Crippen molar-refractivity contribution in [2.45, 2.75) is 65.8 Å². The Balaban J connectivity index is 1.33. The summed E-state index contributed by atoms with van der Waals surface area (Å²) in [4.78, 5) is 11.7. The number of aliphatic hydroxyl groups is 2. The van der Waals surface area contributed by atoms with E-state index >= 15 is 0 Å². The van der Waals surface area contributed by atoms with Crippen LogP contribution in [-0.4, -0.2) is 35.5 Å². The molecule has 2 aliphatic rings. The number of esters is 1. The molecule has 2 atom stereocenters. The third-order valence-electron chi connectivity index (χ3n) is 7.94. The number of carbonyl (C=O) groups excluding carboxylic acids is 1. The summed E-state index contributed by atoms with van der Waals surface area (Å²) >= 11 is 0. The van der Waals surface area contributed by atoms with Gasteiger partial charge in [-0.1, -0.05) is 24.3 Å². The number of carbonyl (C=O) groups is 1. The average molecular weight is 517 g/mol. The van der Waals surface area contributed by atoms with Gasteiger partial charge < -0.3 is 24.4 Å². The molecule has 0 bridgehead atoms. The Kier molecular flexibility index (Phi) is 7.21. The summed E-state index contributed by atoms with van der Waals surface area (Å²) in [5.41, 5.74) is 9.17. The van der Waals surface area contributed by atoms with E-state index in [-0.39, 0.29) is 30.7 Å². The van der Waals surface area contributed by atoms with Crippen molar-refractivity contribution in [3.63, 3.8) is 0 Å². The molecule has 38 heavy (non-hydrogen) atoms. The minimum absolute atomic E-state index is 0.0503.